The van der Waals surface area contributed by atoms with Crippen LogP contribution in [0.5, 0.6) is 5.75 Å². The zero-order valence-electron chi connectivity index (χ0n) is 15.5. The van der Waals surface area contributed by atoms with Gasteiger partial charge in [0.25, 0.3) is 0 Å². The number of benzene rings is 2. The molecule has 0 aromatic heterocycles. The minimum Gasteiger partial charge on any atom is -0.476 e. The van der Waals surface area contributed by atoms with Crippen LogP contribution in [0.15, 0.2) is 54.6 Å². The van der Waals surface area contributed by atoms with Crippen LogP contribution in [0, 0.1) is 0 Å². The van der Waals surface area contributed by atoms with Gasteiger partial charge in [-0.1, -0.05) is 30.3 Å². The van der Waals surface area contributed by atoms with E-state index in [2.05, 4.69) is 83.0 Å². The molecule has 1 N–H and O–H groups in total. The summed E-state index contributed by atoms with van der Waals surface area (Å²) in [5, 5.41) is 3.60. The molecular weight excluding hydrogens is 342 g/mol. The van der Waals surface area contributed by atoms with E-state index in [1.807, 2.05) is 0 Å². The van der Waals surface area contributed by atoms with Crippen molar-refractivity contribution in [3.63, 3.8) is 0 Å². The van der Waals surface area contributed by atoms with Gasteiger partial charge in [-0.25, -0.2) is 0 Å². The van der Waals surface area contributed by atoms with Gasteiger partial charge in [0.05, 0.1) is 11.4 Å². The third-order valence-electron chi connectivity index (χ3n) is 4.87. The highest BCUT2D eigenvalue weighted by Crippen LogP contribution is 2.45. The van der Waals surface area contributed by atoms with E-state index in [1.165, 1.54) is 5.69 Å². The Morgan fingerprint density at radius 2 is 1.69 bits per heavy atom. The second kappa shape index (κ2) is 7.91. The minimum atomic E-state index is 0.130. The fraction of sp³-hybridized carbons (Fsp3) is 0.429. The zero-order chi connectivity index (χ0) is 17.9. The third kappa shape index (κ3) is 4.00. The predicted octanol–water partition coefficient (Wildman–Crippen LogP) is 4.26. The summed E-state index contributed by atoms with van der Waals surface area (Å²) >= 11 is 1.79. The molecule has 4 nitrogen and oxygen atoms in total. The molecule has 0 aliphatic carbocycles. The molecule has 3 atom stereocenters. The lowest BCUT2D eigenvalue weighted by Crippen LogP contribution is -2.54. The van der Waals surface area contributed by atoms with Crippen LogP contribution in [0.1, 0.15) is 20.3 Å². The van der Waals surface area contributed by atoms with Crippen LogP contribution in [0.25, 0.3) is 0 Å². The average molecular weight is 370 g/mol. The summed E-state index contributed by atoms with van der Waals surface area (Å²) in [6, 6.07) is 20.0. The van der Waals surface area contributed by atoms with E-state index in [9.17, 15) is 0 Å². The monoisotopic (exact) mass is 369 g/mol. The van der Waals surface area contributed by atoms with Gasteiger partial charge in [0.1, 0.15) is 5.75 Å². The first-order chi connectivity index (χ1) is 12.7. The van der Waals surface area contributed by atoms with Gasteiger partial charge in [0.2, 0.25) is 0 Å². The molecule has 2 aliphatic rings. The maximum atomic E-state index is 6.31. The second-order valence-electron chi connectivity index (χ2n) is 7.27. The summed E-state index contributed by atoms with van der Waals surface area (Å²) in [5.41, 5.74) is 2.46. The molecule has 5 heteroatoms. The maximum absolute atomic E-state index is 6.31. The Balaban J connectivity index is 1.47. The number of piperazine rings is 1. The van der Waals surface area contributed by atoms with Gasteiger partial charge >= 0.3 is 0 Å². The van der Waals surface area contributed by atoms with Crippen molar-refractivity contribution in [2.75, 3.05) is 23.9 Å². The van der Waals surface area contributed by atoms with Crippen molar-refractivity contribution in [2.45, 2.75) is 37.8 Å². The summed E-state index contributed by atoms with van der Waals surface area (Å²) in [7, 11) is 0. The number of nitrogens with one attached hydrogen (secondary N) is 1. The largest absolute Gasteiger partial charge is 0.476 e. The summed E-state index contributed by atoms with van der Waals surface area (Å²) in [6.07, 6.45) is 1.02. The van der Waals surface area contributed by atoms with E-state index < -0.39 is 0 Å². The maximum Gasteiger partial charge on any atom is 0.165 e. The highest BCUT2D eigenvalue weighted by Gasteiger charge is 2.29. The fourth-order valence-corrected chi connectivity index (χ4v) is 4.95. The van der Waals surface area contributed by atoms with Crippen molar-refractivity contribution in [3.05, 3.63) is 54.6 Å². The standard InChI is InChI=1S/C21H27N3OS/c1-16-14-23(15-17(2)22-16)13-12-21-25-20-11-7-6-10-19(20)24(26-21)18-8-4-3-5-9-18/h3-11,16-17,21-22H,12-15H2,1-2H3. The number of anilines is 2. The first-order valence-corrected chi connectivity index (χ1v) is 10.3. The topological polar surface area (TPSA) is 27.7 Å². The minimum absolute atomic E-state index is 0.130. The highest BCUT2D eigenvalue weighted by molar-refractivity contribution is 8.01. The summed E-state index contributed by atoms with van der Waals surface area (Å²) in [4.78, 5) is 2.56. The van der Waals surface area contributed by atoms with E-state index in [0.717, 1.165) is 37.5 Å². The number of hydrogen-bond donors (Lipinski definition) is 1. The average Bonchev–Trinajstić information content (AvgIpc) is 2.66. The number of ether oxygens (including phenoxy) is 1. The van der Waals surface area contributed by atoms with Gasteiger partial charge in [-0.15, -0.1) is 0 Å². The van der Waals surface area contributed by atoms with Crippen molar-refractivity contribution < 1.29 is 4.74 Å². The molecular formula is C21H27N3OS. The number of hydrogen-bond acceptors (Lipinski definition) is 5. The lowest BCUT2D eigenvalue weighted by atomic mass is 10.1. The molecule has 0 radical (unpaired) electrons. The normalized spacial score (nSPS) is 26.2. The number of rotatable bonds is 4. The van der Waals surface area contributed by atoms with Crippen molar-refractivity contribution >= 4 is 23.3 Å². The molecule has 2 aromatic carbocycles. The molecule has 3 unspecified atom stereocenters. The molecule has 1 fully saturated rings. The molecule has 2 heterocycles. The van der Waals surface area contributed by atoms with Gasteiger partial charge in [-0.3, -0.25) is 4.31 Å². The number of nitrogens with zero attached hydrogens (tertiary/aromatic N) is 2. The van der Waals surface area contributed by atoms with Gasteiger partial charge in [-0.2, -0.15) is 0 Å². The Kier molecular flexibility index (Phi) is 5.38. The highest BCUT2D eigenvalue weighted by atomic mass is 32.2. The molecule has 0 amide bonds. The molecule has 0 bridgehead atoms. The predicted molar refractivity (Wildman–Crippen MR) is 110 cm³/mol. The molecule has 26 heavy (non-hydrogen) atoms. The van der Waals surface area contributed by atoms with Crippen molar-refractivity contribution in [3.8, 4) is 5.75 Å². The van der Waals surface area contributed by atoms with E-state index in [0.29, 0.717) is 12.1 Å². The van der Waals surface area contributed by atoms with Crippen molar-refractivity contribution in [1.82, 2.24) is 10.2 Å². The molecule has 0 saturated carbocycles. The smallest absolute Gasteiger partial charge is 0.165 e. The third-order valence-corrected chi connectivity index (χ3v) is 6.06. The van der Waals surface area contributed by atoms with E-state index >= 15 is 0 Å². The van der Waals surface area contributed by atoms with Crippen LogP contribution in [0.3, 0.4) is 0 Å². The second-order valence-corrected chi connectivity index (χ2v) is 8.37. The Morgan fingerprint density at radius 3 is 2.46 bits per heavy atom. The van der Waals surface area contributed by atoms with Crippen LogP contribution in [0.4, 0.5) is 11.4 Å². The number of fused-ring (bicyclic) bond motifs is 1. The van der Waals surface area contributed by atoms with Gasteiger partial charge in [-0.05, 0) is 38.1 Å². The fourth-order valence-electron chi connectivity index (χ4n) is 3.85. The van der Waals surface area contributed by atoms with Crippen LogP contribution in [-0.2, 0) is 0 Å². The Labute approximate surface area is 160 Å². The Hall–Kier alpha value is -1.69. The molecule has 2 aromatic rings. The van der Waals surface area contributed by atoms with E-state index in [-0.39, 0.29) is 5.44 Å². The summed E-state index contributed by atoms with van der Waals surface area (Å²) in [6.45, 7) is 7.82. The molecule has 138 valence electrons. The van der Waals surface area contributed by atoms with Crippen LogP contribution >= 0.6 is 11.9 Å². The van der Waals surface area contributed by atoms with Crippen LogP contribution in [-0.4, -0.2) is 42.1 Å². The molecule has 1 saturated heterocycles. The summed E-state index contributed by atoms with van der Waals surface area (Å²) < 4.78 is 8.62. The van der Waals surface area contributed by atoms with Crippen molar-refractivity contribution in [2.24, 2.45) is 0 Å². The quantitative estimate of drug-likeness (QED) is 0.813. The van der Waals surface area contributed by atoms with Gasteiger partial charge < -0.3 is 15.0 Å². The van der Waals surface area contributed by atoms with Crippen LogP contribution in [0.2, 0.25) is 0 Å². The first-order valence-electron chi connectivity index (χ1n) is 9.45. The van der Waals surface area contributed by atoms with Gasteiger partial charge in [0, 0.05) is 50.1 Å². The zero-order valence-corrected chi connectivity index (χ0v) is 16.3. The van der Waals surface area contributed by atoms with Crippen molar-refractivity contribution in [1.29, 1.82) is 0 Å². The van der Waals surface area contributed by atoms with Gasteiger partial charge in [0.15, 0.2) is 5.44 Å². The van der Waals surface area contributed by atoms with Crippen LogP contribution < -0.4 is 14.4 Å². The Bertz CT molecular complexity index is 716. The number of para-hydroxylation sites is 3. The molecule has 2 aliphatic heterocycles. The Morgan fingerprint density at radius 1 is 1.00 bits per heavy atom. The molecule has 0 spiro atoms. The van der Waals surface area contributed by atoms with E-state index in [4.69, 9.17) is 4.74 Å². The lowest BCUT2D eigenvalue weighted by Gasteiger charge is -2.38. The van der Waals surface area contributed by atoms with E-state index in [1.54, 1.807) is 11.9 Å². The lowest BCUT2D eigenvalue weighted by molar-refractivity contribution is 0.155. The SMILES string of the molecule is CC1CN(CCC2Oc3ccccc3N(c3ccccc3)S2)CC(C)N1. The molecule has 4 rings (SSSR count). The summed E-state index contributed by atoms with van der Waals surface area (Å²) in [5.74, 6) is 0.974. The first kappa shape index (κ1) is 17.7.